The first kappa shape index (κ1) is 13.2. The molecule has 0 aromatic carbocycles. The molecular weight excluding hydrogens is 226 g/mol. The van der Waals surface area contributed by atoms with Crippen molar-refractivity contribution in [2.45, 2.75) is 32.1 Å². The number of rotatable bonds is 5. The summed E-state index contributed by atoms with van der Waals surface area (Å²) >= 11 is 0. The fourth-order valence-electron chi connectivity index (χ4n) is 1.18. The molecule has 0 saturated carbocycles. The number of hydrogen-bond donors (Lipinski definition) is 2. The topological polar surface area (TPSA) is 74.8 Å². The smallest absolute Gasteiger partial charge is 0.153 e. The van der Waals surface area contributed by atoms with Crippen LogP contribution >= 0.6 is 0 Å². The zero-order valence-corrected chi connectivity index (χ0v) is 11.0. The predicted octanol–water partition coefficient (Wildman–Crippen LogP) is 0.631. The Balaban J connectivity index is 2.51. The molecule has 0 saturated heterocycles. The Kier molecular flexibility index (Phi) is 3.75. The average Bonchev–Trinajstić information content (AvgIpc) is 2.49. The Bertz CT molecular complexity index is 448. The first-order valence-electron chi connectivity index (χ1n) is 5.13. The average molecular weight is 245 g/mol. The predicted molar refractivity (Wildman–Crippen MR) is 64.0 cm³/mol. The fourth-order valence-corrected chi connectivity index (χ4v) is 1.55. The molecule has 0 atom stereocenters. The van der Waals surface area contributed by atoms with Gasteiger partial charge in [-0.15, -0.1) is 0 Å². The van der Waals surface area contributed by atoms with E-state index in [9.17, 15) is 8.42 Å². The lowest BCUT2D eigenvalue weighted by Crippen LogP contribution is -2.41. The maximum absolute atomic E-state index is 11.5. The number of sulfone groups is 1. The van der Waals surface area contributed by atoms with Crippen molar-refractivity contribution in [3.63, 3.8) is 0 Å². The standard InChI is InChI=1S/C10H19N3O2S/c1-8-9(6-12-13-8)5-11-7-10(2,3)16(4,14)15/h6,11H,5,7H2,1-4H3,(H,12,13). The van der Waals surface area contributed by atoms with Gasteiger partial charge in [0.25, 0.3) is 0 Å². The molecule has 92 valence electrons. The summed E-state index contributed by atoms with van der Waals surface area (Å²) in [6.45, 7) is 6.43. The van der Waals surface area contributed by atoms with Crippen LogP contribution in [0.4, 0.5) is 0 Å². The quantitative estimate of drug-likeness (QED) is 0.798. The Morgan fingerprint density at radius 3 is 2.56 bits per heavy atom. The summed E-state index contributed by atoms with van der Waals surface area (Å²) in [7, 11) is -3.04. The molecule has 0 spiro atoms. The van der Waals surface area contributed by atoms with Crippen LogP contribution in [-0.2, 0) is 16.4 Å². The molecule has 0 aliphatic rings. The van der Waals surface area contributed by atoms with Gasteiger partial charge in [-0.3, -0.25) is 5.10 Å². The van der Waals surface area contributed by atoms with Gasteiger partial charge in [-0.05, 0) is 20.8 Å². The lowest BCUT2D eigenvalue weighted by molar-refractivity contribution is 0.521. The zero-order valence-electron chi connectivity index (χ0n) is 10.2. The maximum atomic E-state index is 11.5. The minimum absolute atomic E-state index is 0.427. The highest BCUT2D eigenvalue weighted by atomic mass is 32.2. The monoisotopic (exact) mass is 245 g/mol. The normalized spacial score (nSPS) is 13.0. The van der Waals surface area contributed by atoms with E-state index in [2.05, 4.69) is 15.5 Å². The highest BCUT2D eigenvalue weighted by molar-refractivity contribution is 7.92. The van der Waals surface area contributed by atoms with Crippen LogP contribution in [-0.4, -0.2) is 36.2 Å². The summed E-state index contributed by atoms with van der Waals surface area (Å²) in [6, 6.07) is 0. The number of hydrogen-bond acceptors (Lipinski definition) is 4. The van der Waals surface area contributed by atoms with E-state index in [4.69, 9.17) is 0 Å². The van der Waals surface area contributed by atoms with Gasteiger partial charge in [-0.25, -0.2) is 8.42 Å². The minimum Gasteiger partial charge on any atom is -0.311 e. The molecule has 1 heterocycles. The van der Waals surface area contributed by atoms with E-state index < -0.39 is 14.6 Å². The van der Waals surface area contributed by atoms with Crippen molar-refractivity contribution in [3.05, 3.63) is 17.5 Å². The number of nitrogens with one attached hydrogen (secondary N) is 2. The third kappa shape index (κ3) is 3.05. The summed E-state index contributed by atoms with van der Waals surface area (Å²) in [5.74, 6) is 0. The van der Waals surface area contributed by atoms with Crippen molar-refractivity contribution >= 4 is 9.84 Å². The van der Waals surface area contributed by atoms with E-state index in [1.165, 1.54) is 6.26 Å². The summed E-state index contributed by atoms with van der Waals surface area (Å²) in [6.07, 6.45) is 3.01. The fraction of sp³-hybridized carbons (Fsp3) is 0.700. The SMILES string of the molecule is Cc1[nH]ncc1CNCC(C)(C)S(C)(=O)=O. The third-order valence-corrected chi connectivity index (χ3v) is 4.96. The molecular formula is C10H19N3O2S. The van der Waals surface area contributed by atoms with Crippen molar-refractivity contribution in [2.24, 2.45) is 0 Å². The maximum Gasteiger partial charge on any atom is 0.153 e. The van der Waals surface area contributed by atoms with E-state index in [1.54, 1.807) is 20.0 Å². The molecule has 16 heavy (non-hydrogen) atoms. The highest BCUT2D eigenvalue weighted by Crippen LogP contribution is 2.13. The van der Waals surface area contributed by atoms with Gasteiger partial charge in [0.05, 0.1) is 10.9 Å². The van der Waals surface area contributed by atoms with Gasteiger partial charge in [0, 0.05) is 30.6 Å². The van der Waals surface area contributed by atoms with Crippen LogP contribution < -0.4 is 5.32 Å². The van der Waals surface area contributed by atoms with Gasteiger partial charge in [0.2, 0.25) is 0 Å². The summed E-state index contributed by atoms with van der Waals surface area (Å²) in [5.41, 5.74) is 2.06. The lowest BCUT2D eigenvalue weighted by atomic mass is 10.2. The summed E-state index contributed by atoms with van der Waals surface area (Å²) in [5, 5.41) is 9.88. The number of aryl methyl sites for hydroxylation is 1. The van der Waals surface area contributed by atoms with Crippen LogP contribution in [0.5, 0.6) is 0 Å². The molecule has 0 unspecified atom stereocenters. The molecule has 5 nitrogen and oxygen atoms in total. The first-order valence-corrected chi connectivity index (χ1v) is 7.02. The lowest BCUT2D eigenvalue weighted by Gasteiger charge is -2.22. The van der Waals surface area contributed by atoms with Crippen molar-refractivity contribution < 1.29 is 8.42 Å². The van der Waals surface area contributed by atoms with Crippen LogP contribution in [0.25, 0.3) is 0 Å². The first-order chi connectivity index (χ1) is 7.24. The Morgan fingerprint density at radius 1 is 1.50 bits per heavy atom. The molecule has 1 aromatic rings. The van der Waals surface area contributed by atoms with E-state index in [1.807, 2.05) is 6.92 Å². The summed E-state index contributed by atoms with van der Waals surface area (Å²) in [4.78, 5) is 0. The number of H-pyrrole nitrogens is 1. The van der Waals surface area contributed by atoms with Crippen molar-refractivity contribution in [2.75, 3.05) is 12.8 Å². The Hall–Kier alpha value is -0.880. The highest BCUT2D eigenvalue weighted by Gasteiger charge is 2.29. The van der Waals surface area contributed by atoms with Gasteiger partial charge in [-0.1, -0.05) is 0 Å². The number of aromatic nitrogens is 2. The van der Waals surface area contributed by atoms with Gasteiger partial charge >= 0.3 is 0 Å². The molecule has 0 aliphatic heterocycles. The molecule has 0 bridgehead atoms. The Morgan fingerprint density at radius 2 is 2.12 bits per heavy atom. The second-order valence-corrected chi connectivity index (χ2v) is 7.31. The van der Waals surface area contributed by atoms with Crippen LogP contribution in [0.15, 0.2) is 6.20 Å². The zero-order chi connectivity index (χ0) is 12.4. The van der Waals surface area contributed by atoms with Gasteiger partial charge < -0.3 is 5.32 Å². The Labute approximate surface area is 96.6 Å². The molecule has 2 N–H and O–H groups in total. The second-order valence-electron chi connectivity index (χ2n) is 4.66. The van der Waals surface area contributed by atoms with Crippen molar-refractivity contribution in [3.8, 4) is 0 Å². The van der Waals surface area contributed by atoms with Crippen molar-refractivity contribution in [1.82, 2.24) is 15.5 Å². The van der Waals surface area contributed by atoms with Crippen LogP contribution in [0, 0.1) is 6.92 Å². The van der Waals surface area contributed by atoms with Crippen LogP contribution in [0.3, 0.4) is 0 Å². The summed E-state index contributed by atoms with van der Waals surface area (Å²) < 4.78 is 22.2. The largest absolute Gasteiger partial charge is 0.311 e. The molecule has 0 fully saturated rings. The number of nitrogens with zero attached hydrogens (tertiary/aromatic N) is 1. The molecule has 0 amide bonds. The number of aromatic amines is 1. The van der Waals surface area contributed by atoms with Crippen molar-refractivity contribution in [1.29, 1.82) is 0 Å². The minimum atomic E-state index is -3.04. The van der Waals surface area contributed by atoms with E-state index in [-0.39, 0.29) is 0 Å². The molecule has 1 rings (SSSR count). The molecule has 0 aliphatic carbocycles. The van der Waals surface area contributed by atoms with E-state index >= 15 is 0 Å². The van der Waals surface area contributed by atoms with Gasteiger partial charge in [0.1, 0.15) is 0 Å². The van der Waals surface area contributed by atoms with Crippen LogP contribution in [0.1, 0.15) is 25.1 Å². The van der Waals surface area contributed by atoms with Crippen LogP contribution in [0.2, 0.25) is 0 Å². The molecule has 0 radical (unpaired) electrons. The second kappa shape index (κ2) is 4.55. The van der Waals surface area contributed by atoms with E-state index in [0.29, 0.717) is 13.1 Å². The molecule has 1 aromatic heterocycles. The van der Waals surface area contributed by atoms with E-state index in [0.717, 1.165) is 11.3 Å². The van der Waals surface area contributed by atoms with Gasteiger partial charge in [0.15, 0.2) is 9.84 Å². The van der Waals surface area contributed by atoms with Gasteiger partial charge in [-0.2, -0.15) is 5.10 Å². The third-order valence-electron chi connectivity index (χ3n) is 2.80. The molecule has 6 heteroatoms.